The first-order valence-electron chi connectivity index (χ1n) is 3.88. The van der Waals surface area contributed by atoms with E-state index in [0.29, 0.717) is 12.5 Å². The molecule has 1 rings (SSSR count). The van der Waals surface area contributed by atoms with Crippen LogP contribution in [0, 0.1) is 3.57 Å². The van der Waals surface area contributed by atoms with Gasteiger partial charge in [0.15, 0.2) is 0 Å². The van der Waals surface area contributed by atoms with Gasteiger partial charge in [-0.3, -0.25) is 0 Å². The Hall–Kier alpha value is 0.330. The predicted molar refractivity (Wildman–Crippen MR) is 65.0 cm³/mol. The van der Waals surface area contributed by atoms with Crippen molar-refractivity contribution in [3.8, 4) is 5.75 Å². The van der Waals surface area contributed by atoms with E-state index in [1.807, 2.05) is 18.2 Å². The fraction of sp³-hybridized carbons (Fsp3) is 0.333. The molecule has 0 unspecified atom stereocenters. The second-order valence-corrected chi connectivity index (χ2v) is 4.44. The number of halogens is 3. The van der Waals surface area contributed by atoms with Crippen molar-refractivity contribution in [2.45, 2.75) is 6.42 Å². The Labute approximate surface area is 102 Å². The highest BCUT2D eigenvalue weighted by Crippen LogP contribution is 2.24. The van der Waals surface area contributed by atoms with Crippen LogP contribution in [0.2, 0.25) is 5.02 Å². The van der Waals surface area contributed by atoms with Gasteiger partial charge in [-0.2, -0.15) is 0 Å². The summed E-state index contributed by atoms with van der Waals surface area (Å²) in [6.45, 7) is 0.654. The van der Waals surface area contributed by atoms with E-state index in [1.54, 1.807) is 0 Å². The van der Waals surface area contributed by atoms with Crippen LogP contribution in [0.5, 0.6) is 5.75 Å². The van der Waals surface area contributed by atoms with Crippen LogP contribution in [-0.4, -0.2) is 12.5 Å². The van der Waals surface area contributed by atoms with E-state index < -0.39 is 0 Å². The molecular formula is C9H9Cl2IO. The average Bonchev–Trinajstić information content (AvgIpc) is 2.09. The Kier molecular flexibility index (Phi) is 5.21. The van der Waals surface area contributed by atoms with Crippen molar-refractivity contribution in [3.63, 3.8) is 0 Å². The van der Waals surface area contributed by atoms with E-state index in [4.69, 9.17) is 27.9 Å². The van der Waals surface area contributed by atoms with Gasteiger partial charge in [0.1, 0.15) is 5.75 Å². The summed E-state index contributed by atoms with van der Waals surface area (Å²) in [5.41, 5.74) is 0. The van der Waals surface area contributed by atoms with Crippen LogP contribution in [0.15, 0.2) is 18.2 Å². The number of hydrogen-bond acceptors (Lipinski definition) is 1. The smallest absolute Gasteiger partial charge is 0.132 e. The lowest BCUT2D eigenvalue weighted by molar-refractivity contribution is 0.316. The number of rotatable bonds is 4. The molecule has 0 spiro atoms. The van der Waals surface area contributed by atoms with E-state index in [1.165, 1.54) is 0 Å². The first kappa shape index (κ1) is 11.4. The summed E-state index contributed by atoms with van der Waals surface area (Å²) in [5, 5.41) is 0.731. The van der Waals surface area contributed by atoms with Gasteiger partial charge in [0.25, 0.3) is 0 Å². The minimum absolute atomic E-state index is 0.629. The van der Waals surface area contributed by atoms with Crippen LogP contribution >= 0.6 is 45.8 Å². The van der Waals surface area contributed by atoms with Gasteiger partial charge in [0.2, 0.25) is 0 Å². The first-order valence-corrected chi connectivity index (χ1v) is 5.87. The third-order valence-electron chi connectivity index (χ3n) is 1.43. The minimum atomic E-state index is 0.629. The minimum Gasteiger partial charge on any atom is -0.492 e. The largest absolute Gasteiger partial charge is 0.492 e. The van der Waals surface area contributed by atoms with Gasteiger partial charge in [-0.25, -0.2) is 0 Å². The molecule has 0 saturated heterocycles. The van der Waals surface area contributed by atoms with Gasteiger partial charge >= 0.3 is 0 Å². The molecule has 13 heavy (non-hydrogen) atoms. The molecule has 0 fully saturated rings. The van der Waals surface area contributed by atoms with Gasteiger partial charge in [-0.1, -0.05) is 11.6 Å². The van der Waals surface area contributed by atoms with Crippen molar-refractivity contribution < 1.29 is 4.74 Å². The Morgan fingerprint density at radius 1 is 1.38 bits per heavy atom. The van der Waals surface area contributed by atoms with Crippen molar-refractivity contribution in [2.24, 2.45) is 0 Å². The molecule has 0 atom stereocenters. The van der Waals surface area contributed by atoms with Gasteiger partial charge in [-0.05, 0) is 47.2 Å². The van der Waals surface area contributed by atoms with Crippen LogP contribution in [0.1, 0.15) is 6.42 Å². The molecule has 4 heteroatoms. The van der Waals surface area contributed by atoms with Crippen LogP contribution < -0.4 is 4.74 Å². The summed E-state index contributed by atoms with van der Waals surface area (Å²) in [7, 11) is 0. The molecule has 0 saturated carbocycles. The second-order valence-electron chi connectivity index (χ2n) is 2.47. The maximum Gasteiger partial charge on any atom is 0.132 e. The highest BCUT2D eigenvalue weighted by Gasteiger charge is 2.00. The molecule has 72 valence electrons. The van der Waals surface area contributed by atoms with E-state index in [2.05, 4.69) is 22.6 Å². The zero-order valence-corrected chi connectivity index (χ0v) is 10.6. The molecule has 0 radical (unpaired) electrons. The summed E-state index contributed by atoms with van der Waals surface area (Å²) >= 11 is 13.5. The lowest BCUT2D eigenvalue weighted by atomic mass is 10.3. The van der Waals surface area contributed by atoms with Crippen molar-refractivity contribution >= 4 is 45.8 Å². The Balaban J connectivity index is 2.56. The van der Waals surface area contributed by atoms with Crippen LogP contribution in [-0.2, 0) is 0 Å². The summed E-state index contributed by atoms with van der Waals surface area (Å²) in [6.07, 6.45) is 0.861. The summed E-state index contributed by atoms with van der Waals surface area (Å²) in [5.74, 6) is 1.50. The molecule has 0 heterocycles. The van der Waals surface area contributed by atoms with Crippen molar-refractivity contribution in [1.29, 1.82) is 0 Å². The van der Waals surface area contributed by atoms with Crippen LogP contribution in [0.3, 0.4) is 0 Å². The fourth-order valence-corrected chi connectivity index (χ4v) is 1.97. The molecule has 1 aromatic carbocycles. The molecule has 0 aliphatic rings. The summed E-state index contributed by atoms with van der Waals surface area (Å²) < 4.78 is 6.51. The number of alkyl halides is 1. The third kappa shape index (κ3) is 3.92. The number of benzene rings is 1. The molecule has 0 aliphatic carbocycles. The van der Waals surface area contributed by atoms with Crippen molar-refractivity contribution in [2.75, 3.05) is 12.5 Å². The molecule has 0 amide bonds. The monoisotopic (exact) mass is 330 g/mol. The predicted octanol–water partition coefficient (Wildman–Crippen LogP) is 3.95. The first-order chi connectivity index (χ1) is 6.24. The highest BCUT2D eigenvalue weighted by molar-refractivity contribution is 14.1. The molecule has 0 aromatic heterocycles. The zero-order valence-electron chi connectivity index (χ0n) is 6.90. The quantitative estimate of drug-likeness (QED) is 0.461. The van der Waals surface area contributed by atoms with Crippen LogP contribution in [0.25, 0.3) is 0 Å². The highest BCUT2D eigenvalue weighted by atomic mass is 127. The molecular weight excluding hydrogens is 322 g/mol. The maximum atomic E-state index is 5.80. The molecule has 0 aliphatic heterocycles. The maximum absolute atomic E-state index is 5.80. The average molecular weight is 331 g/mol. The summed E-state index contributed by atoms with van der Waals surface area (Å²) in [6, 6.07) is 5.57. The van der Waals surface area contributed by atoms with Gasteiger partial charge < -0.3 is 4.74 Å². The lowest BCUT2D eigenvalue weighted by Crippen LogP contribution is -1.98. The van der Waals surface area contributed by atoms with Crippen LogP contribution in [0.4, 0.5) is 0 Å². The van der Waals surface area contributed by atoms with E-state index in [9.17, 15) is 0 Å². The molecule has 0 bridgehead atoms. The van der Waals surface area contributed by atoms with E-state index in [0.717, 1.165) is 20.8 Å². The second kappa shape index (κ2) is 5.94. The number of hydrogen-bond donors (Lipinski definition) is 0. The Bertz CT molecular complexity index is 278. The van der Waals surface area contributed by atoms with E-state index in [-0.39, 0.29) is 0 Å². The normalized spacial score (nSPS) is 10.1. The Morgan fingerprint density at radius 3 is 2.77 bits per heavy atom. The van der Waals surface area contributed by atoms with Gasteiger partial charge in [0, 0.05) is 10.9 Å². The Morgan fingerprint density at radius 2 is 2.15 bits per heavy atom. The molecule has 1 aromatic rings. The van der Waals surface area contributed by atoms with E-state index >= 15 is 0 Å². The number of ether oxygens (including phenoxy) is 1. The topological polar surface area (TPSA) is 9.23 Å². The van der Waals surface area contributed by atoms with Crippen molar-refractivity contribution in [3.05, 3.63) is 26.8 Å². The molecule has 1 nitrogen and oxygen atoms in total. The third-order valence-corrected chi connectivity index (χ3v) is 2.77. The molecule has 0 N–H and O–H groups in total. The zero-order chi connectivity index (χ0) is 9.68. The van der Waals surface area contributed by atoms with Gasteiger partial charge in [-0.15, -0.1) is 11.6 Å². The SMILES string of the molecule is ClCCCOc1ccc(Cl)cc1I. The lowest BCUT2D eigenvalue weighted by Gasteiger charge is -2.06. The standard InChI is InChI=1S/C9H9Cl2IO/c10-4-1-5-13-9-3-2-7(11)6-8(9)12/h2-3,6H,1,4-5H2. The fourth-order valence-electron chi connectivity index (χ4n) is 0.829. The van der Waals surface area contributed by atoms with Gasteiger partial charge in [0.05, 0.1) is 10.2 Å². The summed E-state index contributed by atoms with van der Waals surface area (Å²) in [4.78, 5) is 0. The van der Waals surface area contributed by atoms with Crippen molar-refractivity contribution in [1.82, 2.24) is 0 Å².